The lowest BCUT2D eigenvalue weighted by Crippen LogP contribution is -2.48. The molecule has 3 aliphatic rings. The molecule has 0 spiro atoms. The Labute approximate surface area is 406 Å². The van der Waals surface area contributed by atoms with Gasteiger partial charge in [0.2, 0.25) is 5.78 Å². The first-order valence-electron chi connectivity index (χ1n) is 26.7. The van der Waals surface area contributed by atoms with Crippen LogP contribution in [0, 0.1) is 0 Å². The second-order valence-electron chi connectivity index (χ2n) is 19.9. The van der Waals surface area contributed by atoms with Gasteiger partial charge in [-0.05, 0) is 70.6 Å². The number of anilines is 3. The fourth-order valence-corrected chi connectivity index (χ4v) is 10.9. The summed E-state index contributed by atoms with van der Waals surface area (Å²) in [6.07, 6.45) is 29.0. The Morgan fingerprint density at radius 2 is 0.985 bits per heavy atom. The zero-order valence-electron chi connectivity index (χ0n) is 40.9. The summed E-state index contributed by atoms with van der Waals surface area (Å²) < 4.78 is 0. The number of unbranched alkanes of at least 4 members (excludes halogenated alkanes) is 18. The van der Waals surface area contributed by atoms with Gasteiger partial charge in [-0.2, -0.15) is 0 Å². The molecule has 2 heterocycles. The maximum Gasteiger partial charge on any atom is 0.427 e. The van der Waals surface area contributed by atoms with Gasteiger partial charge in [-0.25, -0.2) is 0 Å². The van der Waals surface area contributed by atoms with Gasteiger partial charge in [-0.15, -0.1) is 0 Å². The van der Waals surface area contributed by atoms with Gasteiger partial charge in [-0.3, -0.25) is 4.79 Å². The van der Waals surface area contributed by atoms with Crippen LogP contribution in [0.1, 0.15) is 159 Å². The molecule has 68 heavy (non-hydrogen) atoms. The molecule has 0 radical (unpaired) electrons. The Kier molecular flexibility index (Phi) is 16.0. The number of aryl methyl sites for hydroxylation is 2. The highest BCUT2D eigenvalue weighted by Crippen LogP contribution is 2.45. The number of nitrogens with one attached hydrogen (secondary N) is 3. The van der Waals surface area contributed by atoms with E-state index in [1.807, 2.05) is 18.2 Å². The minimum Gasteiger partial charge on any atom is -0.506 e. The van der Waals surface area contributed by atoms with Crippen molar-refractivity contribution < 1.29 is 9.90 Å². The molecule has 0 bridgehead atoms. The van der Waals surface area contributed by atoms with Crippen molar-refractivity contribution in [1.82, 2.24) is 0 Å². The average molecular weight is 903 g/mol. The van der Waals surface area contributed by atoms with Crippen LogP contribution in [-0.4, -0.2) is 24.9 Å². The van der Waals surface area contributed by atoms with Crippen molar-refractivity contribution in [1.29, 1.82) is 0 Å². The van der Waals surface area contributed by atoms with Gasteiger partial charge in [0, 0.05) is 38.6 Å². The number of allylic oxidation sites excluding steroid dienone is 2. The number of ketones is 1. The van der Waals surface area contributed by atoms with E-state index in [1.54, 1.807) is 0 Å². The number of hydrogen-bond acceptors (Lipinski definition) is 6. The molecule has 0 unspecified atom stereocenters. The Morgan fingerprint density at radius 3 is 1.54 bits per heavy atom. The topological polar surface area (TPSA) is 85.8 Å². The Balaban J connectivity index is 0.912. The molecule has 0 aromatic heterocycles. The predicted molar refractivity (Wildman–Crippen MR) is 292 cm³/mol. The lowest BCUT2D eigenvalue weighted by molar-refractivity contribution is -0.109. The quantitative estimate of drug-likeness (QED) is 0.0340. The molecule has 0 fully saturated rings. The summed E-state index contributed by atoms with van der Waals surface area (Å²) >= 11 is 0. The van der Waals surface area contributed by atoms with Crippen LogP contribution in [0.25, 0.3) is 32.7 Å². The molecular weight excluding hydrogens is 830 g/mol. The summed E-state index contributed by atoms with van der Waals surface area (Å²) in [5.41, 5.74) is 9.14. The minimum atomic E-state index is -0.326. The summed E-state index contributed by atoms with van der Waals surface area (Å²) in [5, 5.41) is 28.8. The van der Waals surface area contributed by atoms with E-state index < -0.39 is 0 Å². The molecule has 6 aromatic carbocycles. The van der Waals surface area contributed by atoms with Gasteiger partial charge < -0.3 is 25.7 Å². The SMILES string of the molecule is CCCCCCCCCCCCc1ccc(B2N=c3c(=C4C(=O)C(c5ccc6cccc7c6c5NB(c5ccc(CCCCCCCCCCCC)cc5)N7)=C4O)ccc4cccc(c34)N2)cc1. The van der Waals surface area contributed by atoms with Crippen LogP contribution in [0.15, 0.2) is 120 Å². The highest BCUT2D eigenvalue weighted by molar-refractivity contribution is 6.80. The van der Waals surface area contributed by atoms with Gasteiger partial charge in [-0.1, -0.05) is 226 Å². The second kappa shape index (κ2) is 23.0. The fourth-order valence-electron chi connectivity index (χ4n) is 10.9. The lowest BCUT2D eigenvalue weighted by atomic mass is 9.65. The number of Topliss-reactive ketones (excluding diaryl/α,β-unsaturated/α-hetero) is 1. The van der Waals surface area contributed by atoms with Gasteiger partial charge in [0.25, 0.3) is 0 Å². The van der Waals surface area contributed by atoms with Crippen molar-refractivity contribution in [2.24, 2.45) is 4.90 Å². The normalized spacial score (nSPS) is 14.8. The largest absolute Gasteiger partial charge is 0.506 e. The number of hydrogen-bond donors (Lipinski definition) is 4. The zero-order valence-corrected chi connectivity index (χ0v) is 40.9. The molecule has 6 aromatic rings. The molecule has 0 amide bonds. The van der Waals surface area contributed by atoms with E-state index in [-0.39, 0.29) is 25.5 Å². The van der Waals surface area contributed by atoms with Crippen LogP contribution in [-0.2, 0) is 17.6 Å². The predicted octanol–water partition coefficient (Wildman–Crippen LogP) is 13.3. The van der Waals surface area contributed by atoms with Crippen molar-refractivity contribution in [3.63, 3.8) is 0 Å². The number of carbonyl (C=O) groups excluding carboxylic acids is 1. The summed E-state index contributed by atoms with van der Waals surface area (Å²) in [4.78, 5) is 19.9. The van der Waals surface area contributed by atoms with E-state index in [1.165, 1.54) is 140 Å². The Hall–Kier alpha value is -5.75. The van der Waals surface area contributed by atoms with Crippen LogP contribution in [0.4, 0.5) is 17.1 Å². The second-order valence-corrected chi connectivity index (χ2v) is 19.9. The number of aliphatic hydroxyl groups excluding tert-OH is 1. The van der Waals surface area contributed by atoms with Crippen LogP contribution < -0.4 is 37.2 Å². The van der Waals surface area contributed by atoms with Crippen molar-refractivity contribution in [3.8, 4) is 0 Å². The number of nitrogens with zero attached hydrogens (tertiary/aromatic N) is 1. The van der Waals surface area contributed by atoms with E-state index in [0.29, 0.717) is 21.9 Å². The van der Waals surface area contributed by atoms with Gasteiger partial charge >= 0.3 is 14.0 Å². The third-order valence-electron chi connectivity index (χ3n) is 14.9. The molecule has 8 heteroatoms. The van der Waals surface area contributed by atoms with Gasteiger partial charge in [0.15, 0.2) is 0 Å². The molecule has 0 saturated carbocycles. The standard InChI is InChI=1S/C60H72B2N4O2/c1-3-5-7-9-11-13-15-17-19-21-25-43-31-37-47(38-32-43)61-63-51-29-23-27-45-35-41-49(57(65-61)53(45)51)55-59(67)56(60(55)68)50-42-36-46-28-24-30-52-54(46)58(50)66-62(64-52)48-39-33-44(34-40-48)26-22-20-18-16-14-12-10-8-6-4-2/h23-24,27-42,63-65,67H,3-22,25-26H2,1-2H3. The molecule has 0 atom stereocenters. The molecule has 4 N–H and O–H groups in total. The van der Waals surface area contributed by atoms with Gasteiger partial charge in [0.05, 0.1) is 16.5 Å². The third kappa shape index (κ3) is 10.8. The Bertz CT molecular complexity index is 2860. The maximum absolute atomic E-state index is 14.6. The third-order valence-corrected chi connectivity index (χ3v) is 14.9. The number of benzene rings is 6. The first kappa shape index (κ1) is 47.3. The van der Waals surface area contributed by atoms with Crippen LogP contribution >= 0.6 is 0 Å². The Morgan fingerprint density at radius 1 is 0.485 bits per heavy atom. The first-order valence-corrected chi connectivity index (χ1v) is 26.7. The van der Waals surface area contributed by atoms with E-state index in [2.05, 4.69) is 121 Å². The van der Waals surface area contributed by atoms with Crippen molar-refractivity contribution in [2.45, 2.75) is 155 Å². The van der Waals surface area contributed by atoms with E-state index in [9.17, 15) is 9.90 Å². The van der Waals surface area contributed by atoms with E-state index in [0.717, 1.165) is 67.7 Å². The highest BCUT2D eigenvalue weighted by atomic mass is 16.3. The van der Waals surface area contributed by atoms with Crippen LogP contribution in [0.2, 0.25) is 0 Å². The van der Waals surface area contributed by atoms with Crippen LogP contribution in [0.3, 0.4) is 0 Å². The van der Waals surface area contributed by atoms with Crippen molar-refractivity contribution in [3.05, 3.63) is 142 Å². The lowest BCUT2D eigenvalue weighted by Gasteiger charge is -2.31. The minimum absolute atomic E-state index is 0.0194. The number of rotatable bonds is 25. The van der Waals surface area contributed by atoms with E-state index in [4.69, 9.17) is 4.90 Å². The smallest absolute Gasteiger partial charge is 0.427 e. The summed E-state index contributed by atoms with van der Waals surface area (Å²) in [6.45, 7) is 4.03. The fraction of sp³-hybridized carbons (Fsp3) is 0.400. The zero-order chi connectivity index (χ0) is 46.7. The average Bonchev–Trinajstić information content (AvgIpc) is 3.37. The summed E-state index contributed by atoms with van der Waals surface area (Å²) in [7, 11) is 0. The van der Waals surface area contributed by atoms with E-state index >= 15 is 0 Å². The molecule has 2 aliphatic heterocycles. The number of carbonyl (C=O) groups is 1. The number of aliphatic hydroxyl groups is 1. The molecule has 1 aliphatic carbocycles. The molecule has 9 rings (SSSR count). The summed E-state index contributed by atoms with van der Waals surface area (Å²) in [6, 6.07) is 38.4. The summed E-state index contributed by atoms with van der Waals surface area (Å²) in [5.74, 6) is -0.149. The van der Waals surface area contributed by atoms with Crippen LogP contribution in [0.5, 0.6) is 0 Å². The molecular formula is C60H72B2N4O2. The van der Waals surface area contributed by atoms with Gasteiger partial charge in [0.1, 0.15) is 5.76 Å². The molecule has 350 valence electrons. The first-order chi connectivity index (χ1) is 33.5. The molecule has 0 saturated heterocycles. The molecule has 6 nitrogen and oxygen atoms in total. The maximum atomic E-state index is 14.6. The monoisotopic (exact) mass is 903 g/mol. The van der Waals surface area contributed by atoms with Crippen molar-refractivity contribution in [2.75, 3.05) is 15.7 Å². The van der Waals surface area contributed by atoms with Crippen molar-refractivity contribution >= 4 is 80.4 Å². The highest BCUT2D eigenvalue weighted by Gasteiger charge is 2.39.